The van der Waals surface area contributed by atoms with Crippen molar-refractivity contribution in [2.24, 2.45) is 0 Å². The number of benzene rings is 2. The third kappa shape index (κ3) is 5.54. The predicted molar refractivity (Wildman–Crippen MR) is 114 cm³/mol. The number of carbonyl (C=O) groups is 1. The van der Waals surface area contributed by atoms with Gasteiger partial charge >= 0.3 is 0 Å². The molecule has 0 aliphatic heterocycles. The zero-order chi connectivity index (χ0) is 20.1. The lowest BCUT2D eigenvalue weighted by atomic mass is 10.1. The minimum Gasteiger partial charge on any atom is -0.497 e. The Morgan fingerprint density at radius 3 is 2.72 bits per heavy atom. The predicted octanol–water partition coefficient (Wildman–Crippen LogP) is 3.42. The lowest BCUT2D eigenvalue weighted by Gasteiger charge is -2.21. The number of ether oxygens (including phenoxy) is 1. The van der Waals surface area contributed by atoms with Crippen LogP contribution in [0.5, 0.6) is 5.75 Å². The highest BCUT2D eigenvalue weighted by molar-refractivity contribution is 7.09. The number of anilines is 1. The first-order valence-corrected chi connectivity index (χ1v) is 10.5. The summed E-state index contributed by atoms with van der Waals surface area (Å²) in [6.07, 6.45) is 2.78. The van der Waals surface area contributed by atoms with Gasteiger partial charge in [-0.25, -0.2) is 4.98 Å². The molecule has 1 fully saturated rings. The molecule has 2 aromatic carbocycles. The number of nitrogens with zero attached hydrogens (tertiary/aromatic N) is 3. The Kier molecular flexibility index (Phi) is 6.05. The number of hydrogen-bond acceptors (Lipinski definition) is 6. The molecule has 1 aliphatic carbocycles. The fraction of sp³-hybridized carbons (Fsp3) is 0.318. The summed E-state index contributed by atoms with van der Waals surface area (Å²) in [6, 6.07) is 18.4. The Balaban J connectivity index is 1.49. The highest BCUT2D eigenvalue weighted by Gasteiger charge is 2.25. The first-order chi connectivity index (χ1) is 14.2. The summed E-state index contributed by atoms with van der Waals surface area (Å²) in [6.45, 7) is 0.895. The van der Waals surface area contributed by atoms with Crippen LogP contribution in [0.4, 0.5) is 5.13 Å². The van der Waals surface area contributed by atoms with Crippen molar-refractivity contribution in [3.63, 3.8) is 0 Å². The van der Waals surface area contributed by atoms with Gasteiger partial charge in [-0.1, -0.05) is 42.5 Å². The number of amides is 1. The van der Waals surface area contributed by atoms with E-state index in [9.17, 15) is 4.79 Å². The van der Waals surface area contributed by atoms with E-state index >= 15 is 0 Å². The zero-order valence-corrected chi connectivity index (χ0v) is 17.2. The molecule has 150 valence electrons. The Morgan fingerprint density at radius 1 is 1.17 bits per heavy atom. The molecular formula is C22H24N4O2S. The quantitative estimate of drug-likeness (QED) is 0.588. The lowest BCUT2D eigenvalue weighted by Crippen LogP contribution is -2.38. The average Bonchev–Trinajstić information content (AvgIpc) is 3.43. The van der Waals surface area contributed by atoms with E-state index in [1.807, 2.05) is 47.4 Å². The molecule has 0 bridgehead atoms. The van der Waals surface area contributed by atoms with Gasteiger partial charge in [0.05, 0.1) is 13.7 Å². The van der Waals surface area contributed by atoms with Gasteiger partial charge in [-0.15, -0.1) is 0 Å². The Morgan fingerprint density at radius 2 is 1.97 bits per heavy atom. The first kappa shape index (κ1) is 19.4. The fourth-order valence-electron chi connectivity index (χ4n) is 3.08. The number of nitrogens with one attached hydrogen (secondary N) is 1. The molecule has 0 saturated heterocycles. The highest BCUT2D eigenvalue weighted by Crippen LogP contribution is 2.23. The summed E-state index contributed by atoms with van der Waals surface area (Å²) < 4.78 is 9.82. The van der Waals surface area contributed by atoms with Gasteiger partial charge in [0.15, 0.2) is 0 Å². The molecule has 6 nitrogen and oxygen atoms in total. The van der Waals surface area contributed by atoms with Crippen molar-refractivity contribution in [2.45, 2.75) is 31.8 Å². The molecule has 3 aromatic rings. The minimum absolute atomic E-state index is 0.0352. The van der Waals surface area contributed by atoms with Crippen LogP contribution in [0.25, 0.3) is 0 Å². The Bertz CT molecular complexity index is 956. The molecule has 1 aromatic heterocycles. The van der Waals surface area contributed by atoms with Crippen LogP contribution >= 0.6 is 11.5 Å². The molecule has 1 aliphatic rings. The van der Waals surface area contributed by atoms with Gasteiger partial charge in [0.2, 0.25) is 11.0 Å². The molecule has 0 radical (unpaired) electrons. The van der Waals surface area contributed by atoms with Crippen molar-refractivity contribution in [1.82, 2.24) is 14.7 Å². The van der Waals surface area contributed by atoms with E-state index in [1.54, 1.807) is 7.11 Å². The first-order valence-electron chi connectivity index (χ1n) is 9.73. The van der Waals surface area contributed by atoms with Crippen molar-refractivity contribution in [3.05, 3.63) is 71.5 Å². The molecule has 0 unspecified atom stereocenters. The maximum atomic E-state index is 12.4. The topological polar surface area (TPSA) is 67.3 Å². The third-order valence-electron chi connectivity index (χ3n) is 4.72. The Hall–Kier alpha value is -2.93. The van der Waals surface area contributed by atoms with Crippen molar-refractivity contribution in [2.75, 3.05) is 18.6 Å². The monoisotopic (exact) mass is 408 g/mol. The van der Waals surface area contributed by atoms with Gasteiger partial charge in [-0.05, 0) is 36.1 Å². The van der Waals surface area contributed by atoms with Gasteiger partial charge in [-0.3, -0.25) is 4.79 Å². The largest absolute Gasteiger partial charge is 0.497 e. The van der Waals surface area contributed by atoms with Crippen LogP contribution < -0.4 is 15.0 Å². The van der Waals surface area contributed by atoms with E-state index in [2.05, 4.69) is 21.8 Å². The number of aromatic nitrogens is 2. The SMILES string of the molecule is COc1cccc(Cc2nsc(N(CC(=O)NC3CC3)Cc3ccccc3)n2)c1. The number of rotatable bonds is 9. The van der Waals surface area contributed by atoms with Crippen molar-refractivity contribution in [3.8, 4) is 5.75 Å². The third-order valence-corrected chi connectivity index (χ3v) is 5.53. The lowest BCUT2D eigenvalue weighted by molar-refractivity contribution is -0.119. The van der Waals surface area contributed by atoms with Crippen molar-refractivity contribution in [1.29, 1.82) is 0 Å². The van der Waals surface area contributed by atoms with Crippen LogP contribution in [-0.4, -0.2) is 35.0 Å². The molecule has 1 saturated carbocycles. The number of hydrogen-bond donors (Lipinski definition) is 1. The van der Waals surface area contributed by atoms with E-state index < -0.39 is 0 Å². The summed E-state index contributed by atoms with van der Waals surface area (Å²) in [5.74, 6) is 1.60. The van der Waals surface area contributed by atoms with Crippen LogP contribution in [0, 0.1) is 0 Å². The van der Waals surface area contributed by atoms with Crippen molar-refractivity contribution < 1.29 is 9.53 Å². The van der Waals surface area contributed by atoms with E-state index in [-0.39, 0.29) is 12.5 Å². The molecule has 0 spiro atoms. The molecule has 0 atom stereocenters. The smallest absolute Gasteiger partial charge is 0.239 e. The molecule has 1 amide bonds. The normalized spacial score (nSPS) is 13.1. The second-order valence-corrected chi connectivity index (χ2v) is 7.94. The number of methoxy groups -OCH3 is 1. The molecule has 1 heterocycles. The molecule has 7 heteroatoms. The standard InChI is InChI=1S/C22H24N4O2S/c1-28-19-9-5-8-17(12-19)13-20-24-22(29-25-20)26(14-16-6-3-2-4-7-16)15-21(27)23-18-10-11-18/h2-9,12,18H,10-11,13-15H2,1H3,(H,23,27). The molecule has 29 heavy (non-hydrogen) atoms. The van der Waals surface area contributed by atoms with Gasteiger partial charge < -0.3 is 15.0 Å². The van der Waals surface area contributed by atoms with Gasteiger partial charge in [0, 0.05) is 30.5 Å². The van der Waals surface area contributed by atoms with Crippen molar-refractivity contribution >= 4 is 22.6 Å². The minimum atomic E-state index is 0.0352. The van der Waals surface area contributed by atoms with Crippen LogP contribution in [0.15, 0.2) is 54.6 Å². The van der Waals surface area contributed by atoms with Gasteiger partial charge in [0.25, 0.3) is 0 Å². The summed E-state index contributed by atoms with van der Waals surface area (Å²) in [5, 5.41) is 3.82. The summed E-state index contributed by atoms with van der Waals surface area (Å²) in [5.41, 5.74) is 2.23. The maximum Gasteiger partial charge on any atom is 0.239 e. The summed E-state index contributed by atoms with van der Waals surface area (Å²) >= 11 is 1.34. The van der Waals surface area contributed by atoms with Crippen LogP contribution in [0.3, 0.4) is 0 Å². The van der Waals surface area contributed by atoms with E-state index in [4.69, 9.17) is 9.72 Å². The average molecular weight is 409 g/mol. The van der Waals surface area contributed by atoms with Crippen LogP contribution in [-0.2, 0) is 17.8 Å². The van der Waals surface area contributed by atoms with Crippen LogP contribution in [0.2, 0.25) is 0 Å². The maximum absolute atomic E-state index is 12.4. The summed E-state index contributed by atoms with van der Waals surface area (Å²) in [7, 11) is 1.66. The van der Waals surface area contributed by atoms with E-state index in [0.717, 1.165) is 40.7 Å². The van der Waals surface area contributed by atoms with E-state index in [1.165, 1.54) is 11.5 Å². The summed E-state index contributed by atoms with van der Waals surface area (Å²) in [4.78, 5) is 19.1. The Labute approximate surface area is 174 Å². The van der Waals surface area contributed by atoms with Gasteiger partial charge in [-0.2, -0.15) is 4.37 Å². The molecule has 1 N–H and O–H groups in total. The fourth-order valence-corrected chi connectivity index (χ4v) is 3.76. The van der Waals surface area contributed by atoms with Crippen LogP contribution in [0.1, 0.15) is 29.8 Å². The molecular weight excluding hydrogens is 384 g/mol. The molecule has 4 rings (SSSR count). The second kappa shape index (κ2) is 9.05. The highest BCUT2D eigenvalue weighted by atomic mass is 32.1. The van der Waals surface area contributed by atoms with Gasteiger partial charge in [0.1, 0.15) is 11.6 Å². The second-order valence-electron chi connectivity index (χ2n) is 7.20. The number of carbonyl (C=O) groups excluding carboxylic acids is 1. The van der Waals surface area contributed by atoms with E-state index in [0.29, 0.717) is 19.0 Å². The zero-order valence-electron chi connectivity index (χ0n) is 16.4.